The van der Waals surface area contributed by atoms with E-state index in [1.165, 1.54) is 28.5 Å². The van der Waals surface area contributed by atoms with Gasteiger partial charge >= 0.3 is 12.1 Å². The molecule has 2 heterocycles. The van der Waals surface area contributed by atoms with Crippen LogP contribution in [0.25, 0.3) is 0 Å². The van der Waals surface area contributed by atoms with Gasteiger partial charge in [0.25, 0.3) is 0 Å². The SMILES string of the molecule is CC#CCC1([C@H](O)/C=C/[C@H]2COC(=O)N2CCSc2nc(C(=O)O)cs2)CCC1. The summed E-state index contributed by atoms with van der Waals surface area (Å²) in [7, 11) is 0. The lowest BCUT2D eigenvalue weighted by Crippen LogP contribution is -2.40. The summed E-state index contributed by atoms with van der Waals surface area (Å²) < 4.78 is 5.83. The van der Waals surface area contributed by atoms with Gasteiger partial charge in [0.05, 0.1) is 12.1 Å². The van der Waals surface area contributed by atoms with E-state index in [1.54, 1.807) is 17.9 Å². The van der Waals surface area contributed by atoms with Gasteiger partial charge in [-0.3, -0.25) is 4.90 Å². The summed E-state index contributed by atoms with van der Waals surface area (Å²) in [5.74, 6) is 5.52. The van der Waals surface area contributed by atoms with Crippen LogP contribution in [0.5, 0.6) is 0 Å². The normalized spacial score (nSPS) is 21.4. The summed E-state index contributed by atoms with van der Waals surface area (Å²) in [6, 6.07) is -0.224. The summed E-state index contributed by atoms with van der Waals surface area (Å²) in [6.45, 7) is 2.51. The molecule has 0 radical (unpaired) electrons. The zero-order valence-electron chi connectivity index (χ0n) is 16.2. The number of aliphatic hydroxyl groups excluding tert-OH is 1. The highest BCUT2D eigenvalue weighted by molar-refractivity contribution is 8.01. The molecule has 2 fully saturated rings. The molecule has 1 saturated heterocycles. The average molecular weight is 437 g/mol. The standard InChI is InChI=1S/C20H24N2O5S2/c1-2-3-7-20(8-4-9-20)16(23)6-5-14-12-27-19(26)22(14)10-11-28-18-21-15(13-29-18)17(24)25/h5-6,13-14,16,23H,4,7-12H2,1H3,(H,24,25)/b6-5+/t14-,16+/m0/s1. The van der Waals surface area contributed by atoms with Crippen LogP contribution < -0.4 is 0 Å². The van der Waals surface area contributed by atoms with Gasteiger partial charge < -0.3 is 14.9 Å². The summed E-state index contributed by atoms with van der Waals surface area (Å²) in [5.41, 5.74) is -0.137. The highest BCUT2D eigenvalue weighted by Crippen LogP contribution is 2.47. The topological polar surface area (TPSA) is 100.0 Å². The van der Waals surface area contributed by atoms with E-state index in [1.807, 2.05) is 6.08 Å². The van der Waals surface area contributed by atoms with Gasteiger partial charge in [0.2, 0.25) is 0 Å². The molecule has 2 aliphatic rings. The number of amides is 1. The van der Waals surface area contributed by atoms with Crippen molar-refractivity contribution in [1.29, 1.82) is 0 Å². The van der Waals surface area contributed by atoms with Crippen LogP contribution in [0.4, 0.5) is 4.79 Å². The molecule has 3 rings (SSSR count). The minimum absolute atomic E-state index is 0.0329. The van der Waals surface area contributed by atoms with Gasteiger partial charge in [0, 0.05) is 29.5 Å². The third-order valence-electron chi connectivity index (χ3n) is 5.38. The fraction of sp³-hybridized carbons (Fsp3) is 0.550. The van der Waals surface area contributed by atoms with Crippen molar-refractivity contribution in [2.24, 2.45) is 5.41 Å². The van der Waals surface area contributed by atoms with Crippen molar-refractivity contribution in [1.82, 2.24) is 9.88 Å². The molecule has 0 unspecified atom stereocenters. The second-order valence-electron chi connectivity index (χ2n) is 7.14. The minimum atomic E-state index is -1.05. The van der Waals surface area contributed by atoms with E-state index in [0.29, 0.717) is 23.1 Å². The lowest BCUT2D eigenvalue weighted by molar-refractivity contribution is -0.00113. The van der Waals surface area contributed by atoms with Crippen LogP contribution in [0.1, 0.15) is 43.1 Å². The Balaban J connectivity index is 1.54. The molecular weight excluding hydrogens is 412 g/mol. The smallest absolute Gasteiger partial charge is 0.410 e. The molecule has 1 saturated carbocycles. The average Bonchev–Trinajstić information content (AvgIpc) is 3.27. The number of hydrogen-bond donors (Lipinski definition) is 2. The highest BCUT2D eigenvalue weighted by atomic mass is 32.2. The molecule has 156 valence electrons. The number of ether oxygens (including phenoxy) is 1. The van der Waals surface area contributed by atoms with E-state index in [2.05, 4.69) is 16.8 Å². The second kappa shape index (κ2) is 9.65. The number of carbonyl (C=O) groups excluding carboxylic acids is 1. The first-order valence-electron chi connectivity index (χ1n) is 9.46. The molecule has 29 heavy (non-hydrogen) atoms. The number of carboxylic acids is 1. The van der Waals surface area contributed by atoms with Crippen molar-refractivity contribution in [3.05, 3.63) is 23.2 Å². The zero-order chi connectivity index (χ0) is 20.9. The molecule has 0 bridgehead atoms. The molecule has 9 heteroatoms. The molecule has 1 amide bonds. The van der Waals surface area contributed by atoms with Gasteiger partial charge in [-0.2, -0.15) is 0 Å². The zero-order valence-corrected chi connectivity index (χ0v) is 17.8. The largest absolute Gasteiger partial charge is 0.476 e. The van der Waals surface area contributed by atoms with Crippen molar-refractivity contribution in [3.8, 4) is 11.8 Å². The Kier molecular flexibility index (Phi) is 7.22. The predicted octanol–water partition coefficient (Wildman–Crippen LogP) is 3.26. The van der Waals surface area contributed by atoms with Crippen molar-refractivity contribution < 1.29 is 24.5 Å². The van der Waals surface area contributed by atoms with Crippen LogP contribution >= 0.6 is 23.1 Å². The summed E-state index contributed by atoms with van der Waals surface area (Å²) in [5, 5.41) is 21.1. The van der Waals surface area contributed by atoms with Crippen molar-refractivity contribution in [2.75, 3.05) is 18.9 Å². The fourth-order valence-electron chi connectivity index (χ4n) is 3.44. The van der Waals surface area contributed by atoms with E-state index >= 15 is 0 Å². The van der Waals surface area contributed by atoms with Gasteiger partial charge in [-0.05, 0) is 19.8 Å². The number of aliphatic hydroxyl groups is 1. The van der Waals surface area contributed by atoms with Crippen molar-refractivity contribution >= 4 is 35.2 Å². The maximum absolute atomic E-state index is 12.1. The first-order chi connectivity index (χ1) is 13.9. The molecule has 7 nitrogen and oxygen atoms in total. The van der Waals surface area contributed by atoms with Crippen LogP contribution in [-0.2, 0) is 4.74 Å². The molecule has 1 aromatic rings. The Morgan fingerprint density at radius 3 is 3.00 bits per heavy atom. The molecule has 2 N–H and O–H groups in total. The van der Waals surface area contributed by atoms with Gasteiger partial charge in [0.15, 0.2) is 10.0 Å². The number of nitrogens with zero attached hydrogens (tertiary/aromatic N) is 2. The number of rotatable bonds is 9. The number of aromatic nitrogens is 1. The van der Waals surface area contributed by atoms with Gasteiger partial charge in [-0.15, -0.1) is 23.2 Å². The quantitative estimate of drug-likeness (QED) is 0.348. The highest BCUT2D eigenvalue weighted by Gasteiger charge is 2.42. The lowest BCUT2D eigenvalue weighted by atomic mass is 9.63. The van der Waals surface area contributed by atoms with E-state index in [-0.39, 0.29) is 29.9 Å². The number of aromatic carboxylic acids is 1. The van der Waals surface area contributed by atoms with Gasteiger partial charge in [-0.25, -0.2) is 14.6 Å². The summed E-state index contributed by atoms with van der Waals surface area (Å²) >= 11 is 2.68. The van der Waals surface area contributed by atoms with E-state index < -0.39 is 12.1 Å². The van der Waals surface area contributed by atoms with Gasteiger partial charge in [0.1, 0.15) is 6.61 Å². The predicted molar refractivity (Wildman–Crippen MR) is 111 cm³/mol. The summed E-state index contributed by atoms with van der Waals surface area (Å²) in [4.78, 5) is 28.6. The number of thiazole rings is 1. The van der Waals surface area contributed by atoms with Crippen LogP contribution in [0.3, 0.4) is 0 Å². The first kappa shape index (κ1) is 21.7. The number of carboxylic acid groups (broad SMARTS) is 1. The monoisotopic (exact) mass is 436 g/mol. The van der Waals surface area contributed by atoms with E-state index in [9.17, 15) is 14.7 Å². The molecule has 1 aromatic heterocycles. The summed E-state index contributed by atoms with van der Waals surface area (Å²) in [6.07, 6.45) is 6.37. The molecule has 0 spiro atoms. The minimum Gasteiger partial charge on any atom is -0.476 e. The maximum Gasteiger partial charge on any atom is 0.410 e. The third kappa shape index (κ3) is 5.13. The van der Waals surface area contributed by atoms with Crippen molar-refractivity contribution in [3.63, 3.8) is 0 Å². The third-order valence-corrected chi connectivity index (χ3v) is 7.38. The lowest BCUT2D eigenvalue weighted by Gasteiger charge is -2.43. The Hall–Kier alpha value is -2.02. The first-order valence-corrected chi connectivity index (χ1v) is 11.3. The second-order valence-corrected chi connectivity index (χ2v) is 9.34. The van der Waals surface area contributed by atoms with Crippen LogP contribution in [0.2, 0.25) is 0 Å². The molecule has 2 atom stereocenters. The van der Waals surface area contributed by atoms with Gasteiger partial charge in [-0.1, -0.05) is 30.3 Å². The Morgan fingerprint density at radius 2 is 2.38 bits per heavy atom. The molecular formula is C20H24N2O5S2. The van der Waals surface area contributed by atoms with Crippen molar-refractivity contribution in [2.45, 2.75) is 49.1 Å². The molecule has 1 aliphatic heterocycles. The van der Waals surface area contributed by atoms with Crippen LogP contribution in [0, 0.1) is 17.3 Å². The number of hydrogen-bond acceptors (Lipinski definition) is 7. The molecule has 0 aromatic carbocycles. The Bertz CT molecular complexity index is 837. The Labute approximate surface area is 178 Å². The van der Waals surface area contributed by atoms with Crippen LogP contribution in [-0.4, -0.2) is 63.2 Å². The maximum atomic E-state index is 12.1. The Morgan fingerprint density at radius 1 is 1.59 bits per heavy atom. The van der Waals surface area contributed by atoms with E-state index in [0.717, 1.165) is 19.3 Å². The fourth-order valence-corrected chi connectivity index (χ4v) is 5.25. The van der Waals surface area contributed by atoms with Crippen LogP contribution in [0.15, 0.2) is 21.9 Å². The number of cyclic esters (lactones) is 1. The number of thioether (sulfide) groups is 1. The molecule has 1 aliphatic carbocycles. The van der Waals surface area contributed by atoms with E-state index in [4.69, 9.17) is 9.84 Å². The number of carbonyl (C=O) groups is 2.